The highest BCUT2D eigenvalue weighted by Crippen LogP contribution is 2.47. The highest BCUT2D eigenvalue weighted by Gasteiger charge is 2.45. The third-order valence-corrected chi connectivity index (χ3v) is 6.13. The predicted molar refractivity (Wildman–Crippen MR) is 103 cm³/mol. The third kappa shape index (κ3) is 3.43. The normalized spacial score (nSPS) is 18.7. The molecule has 1 saturated carbocycles. The van der Waals surface area contributed by atoms with E-state index in [2.05, 4.69) is 15.1 Å². The molecule has 3 aromatic rings. The Morgan fingerprint density at radius 2 is 2.14 bits per heavy atom. The largest absolute Gasteiger partial charge is 0.438 e. The lowest BCUT2D eigenvalue weighted by Crippen LogP contribution is -2.46. The van der Waals surface area contributed by atoms with Crippen molar-refractivity contribution >= 4 is 5.91 Å². The standard InChI is InChI=1S/C21H23N5O3/c1-14-17(28-13-23-14)19(27)26-9-6-21(7-10-26,11-15-4-5-15)20-24-18(29-25-20)16-3-2-8-22-12-16/h2-3,8,12-13,15H,4-7,9-11H2,1H3. The van der Waals surface area contributed by atoms with Gasteiger partial charge in [-0.3, -0.25) is 9.78 Å². The Morgan fingerprint density at radius 1 is 1.31 bits per heavy atom. The second-order valence-corrected chi connectivity index (χ2v) is 8.15. The summed E-state index contributed by atoms with van der Waals surface area (Å²) in [4.78, 5) is 27.5. The minimum Gasteiger partial charge on any atom is -0.438 e. The van der Waals surface area contributed by atoms with Crippen LogP contribution in [0.3, 0.4) is 0 Å². The molecule has 0 spiro atoms. The summed E-state index contributed by atoms with van der Waals surface area (Å²) in [6, 6.07) is 3.77. The molecule has 1 amide bonds. The van der Waals surface area contributed by atoms with E-state index in [1.807, 2.05) is 17.0 Å². The molecule has 150 valence electrons. The summed E-state index contributed by atoms with van der Waals surface area (Å²) >= 11 is 0. The Bertz CT molecular complexity index is 1000. The van der Waals surface area contributed by atoms with Gasteiger partial charge in [-0.1, -0.05) is 18.0 Å². The van der Waals surface area contributed by atoms with Crippen LogP contribution in [0.2, 0.25) is 0 Å². The van der Waals surface area contributed by atoms with Gasteiger partial charge in [0.25, 0.3) is 11.8 Å². The minimum atomic E-state index is -0.154. The molecule has 1 aliphatic heterocycles. The Labute approximate surface area is 168 Å². The van der Waals surface area contributed by atoms with Crippen LogP contribution in [-0.2, 0) is 5.41 Å². The number of aryl methyl sites for hydroxylation is 1. The van der Waals surface area contributed by atoms with Crippen molar-refractivity contribution in [2.75, 3.05) is 13.1 Å². The van der Waals surface area contributed by atoms with Gasteiger partial charge in [-0.15, -0.1) is 0 Å². The van der Waals surface area contributed by atoms with Gasteiger partial charge in [0, 0.05) is 30.9 Å². The van der Waals surface area contributed by atoms with Gasteiger partial charge in [-0.05, 0) is 44.2 Å². The SMILES string of the molecule is Cc1ncoc1C(=O)N1CCC(CC2CC2)(c2noc(-c3cccnc3)n2)CC1. The predicted octanol–water partition coefficient (Wildman–Crippen LogP) is 3.40. The molecular weight excluding hydrogens is 370 g/mol. The van der Waals surface area contributed by atoms with Gasteiger partial charge >= 0.3 is 0 Å². The van der Waals surface area contributed by atoms with E-state index in [1.165, 1.54) is 19.2 Å². The van der Waals surface area contributed by atoms with Crippen LogP contribution in [0.5, 0.6) is 0 Å². The topological polar surface area (TPSA) is 98.2 Å². The van der Waals surface area contributed by atoms with E-state index in [0.717, 1.165) is 30.7 Å². The van der Waals surface area contributed by atoms with Crippen molar-refractivity contribution in [3.05, 3.63) is 48.2 Å². The fraction of sp³-hybridized carbons (Fsp3) is 0.476. The molecule has 2 fully saturated rings. The van der Waals surface area contributed by atoms with E-state index in [1.54, 1.807) is 19.3 Å². The lowest BCUT2D eigenvalue weighted by molar-refractivity contribution is 0.0613. The van der Waals surface area contributed by atoms with Crippen LogP contribution >= 0.6 is 0 Å². The lowest BCUT2D eigenvalue weighted by Gasteiger charge is -2.39. The van der Waals surface area contributed by atoms with Crippen LogP contribution in [0, 0.1) is 12.8 Å². The molecule has 0 unspecified atom stereocenters. The van der Waals surface area contributed by atoms with Crippen molar-refractivity contribution < 1.29 is 13.7 Å². The number of oxazole rings is 1. The fourth-order valence-corrected chi connectivity index (χ4v) is 4.23. The van der Waals surface area contributed by atoms with Crippen LogP contribution in [0.25, 0.3) is 11.5 Å². The zero-order chi connectivity index (χ0) is 19.8. The molecule has 29 heavy (non-hydrogen) atoms. The molecule has 1 aliphatic carbocycles. The number of hydrogen-bond donors (Lipinski definition) is 0. The first-order valence-corrected chi connectivity index (χ1v) is 10.1. The number of amides is 1. The Hall–Kier alpha value is -3.03. The van der Waals surface area contributed by atoms with Crippen molar-refractivity contribution in [3.8, 4) is 11.5 Å². The summed E-state index contributed by atoms with van der Waals surface area (Å²) in [6.45, 7) is 3.07. The number of carbonyl (C=O) groups excluding carboxylic acids is 1. The second-order valence-electron chi connectivity index (χ2n) is 8.15. The minimum absolute atomic E-state index is 0.0933. The lowest BCUT2D eigenvalue weighted by atomic mass is 9.73. The average Bonchev–Trinajstić information content (AvgIpc) is 3.24. The molecule has 4 heterocycles. The van der Waals surface area contributed by atoms with Gasteiger partial charge in [0.2, 0.25) is 5.76 Å². The average molecular weight is 393 g/mol. The first-order chi connectivity index (χ1) is 14.1. The number of carbonyl (C=O) groups is 1. The first-order valence-electron chi connectivity index (χ1n) is 10.1. The number of likely N-dealkylation sites (tertiary alicyclic amines) is 1. The van der Waals surface area contributed by atoms with Gasteiger partial charge < -0.3 is 13.8 Å². The molecule has 0 radical (unpaired) electrons. The van der Waals surface area contributed by atoms with Gasteiger partial charge in [0.05, 0.1) is 11.3 Å². The van der Waals surface area contributed by atoms with Crippen molar-refractivity contribution in [3.63, 3.8) is 0 Å². The van der Waals surface area contributed by atoms with Crippen molar-refractivity contribution in [2.45, 2.75) is 44.4 Å². The van der Waals surface area contributed by atoms with E-state index in [0.29, 0.717) is 36.4 Å². The van der Waals surface area contributed by atoms with E-state index < -0.39 is 0 Å². The van der Waals surface area contributed by atoms with Crippen molar-refractivity contribution in [1.82, 2.24) is 25.0 Å². The molecular formula is C21H23N5O3. The van der Waals surface area contributed by atoms with Crippen LogP contribution in [0.15, 0.2) is 39.9 Å². The zero-order valence-corrected chi connectivity index (χ0v) is 16.4. The molecule has 8 heteroatoms. The maximum absolute atomic E-state index is 12.8. The number of pyridine rings is 1. The van der Waals surface area contributed by atoms with Crippen LogP contribution < -0.4 is 0 Å². The molecule has 2 aliphatic rings. The van der Waals surface area contributed by atoms with Crippen LogP contribution in [-0.4, -0.2) is 44.0 Å². The number of rotatable bonds is 5. The number of nitrogens with zero attached hydrogens (tertiary/aromatic N) is 5. The quantitative estimate of drug-likeness (QED) is 0.655. The van der Waals surface area contributed by atoms with Gasteiger partial charge in [0.15, 0.2) is 12.2 Å². The summed E-state index contributed by atoms with van der Waals surface area (Å²) in [7, 11) is 0. The van der Waals surface area contributed by atoms with Crippen LogP contribution in [0.4, 0.5) is 0 Å². The first kappa shape index (κ1) is 18.0. The zero-order valence-electron chi connectivity index (χ0n) is 16.4. The van der Waals surface area contributed by atoms with Gasteiger partial charge in [-0.2, -0.15) is 4.98 Å². The maximum Gasteiger partial charge on any atom is 0.291 e. The molecule has 5 rings (SSSR count). The Kier molecular flexibility index (Phi) is 4.41. The maximum atomic E-state index is 12.8. The van der Waals surface area contributed by atoms with E-state index in [9.17, 15) is 4.79 Å². The number of hydrogen-bond acceptors (Lipinski definition) is 7. The molecule has 0 atom stereocenters. The second kappa shape index (κ2) is 7.09. The summed E-state index contributed by atoms with van der Waals surface area (Å²) in [6.07, 6.45) is 9.96. The molecule has 8 nitrogen and oxygen atoms in total. The molecule has 0 bridgehead atoms. The molecule has 1 saturated heterocycles. The third-order valence-electron chi connectivity index (χ3n) is 6.13. The molecule has 3 aromatic heterocycles. The van der Waals surface area contributed by atoms with E-state index in [-0.39, 0.29) is 11.3 Å². The summed E-state index contributed by atoms with van der Waals surface area (Å²) in [5, 5.41) is 4.36. The highest BCUT2D eigenvalue weighted by atomic mass is 16.5. The fourth-order valence-electron chi connectivity index (χ4n) is 4.23. The van der Waals surface area contributed by atoms with Crippen LogP contribution in [0.1, 0.15) is 54.2 Å². The Morgan fingerprint density at radius 3 is 2.79 bits per heavy atom. The summed E-state index contributed by atoms with van der Waals surface area (Å²) in [5.74, 6) is 2.21. The van der Waals surface area contributed by atoms with Gasteiger partial charge in [0.1, 0.15) is 0 Å². The summed E-state index contributed by atoms with van der Waals surface area (Å²) < 4.78 is 10.9. The number of piperidine rings is 1. The van der Waals surface area contributed by atoms with E-state index >= 15 is 0 Å². The number of aromatic nitrogens is 4. The van der Waals surface area contributed by atoms with E-state index in [4.69, 9.17) is 13.9 Å². The molecule has 0 aromatic carbocycles. The smallest absolute Gasteiger partial charge is 0.291 e. The summed E-state index contributed by atoms with van der Waals surface area (Å²) in [5.41, 5.74) is 1.29. The monoisotopic (exact) mass is 393 g/mol. The highest BCUT2D eigenvalue weighted by molar-refractivity contribution is 5.92. The van der Waals surface area contributed by atoms with Crippen molar-refractivity contribution in [1.29, 1.82) is 0 Å². The van der Waals surface area contributed by atoms with Gasteiger partial charge in [-0.25, -0.2) is 4.98 Å². The molecule has 0 N–H and O–H groups in total. The Balaban J connectivity index is 1.37. The van der Waals surface area contributed by atoms with Crippen molar-refractivity contribution in [2.24, 2.45) is 5.92 Å².